The molecule has 0 bridgehead atoms. The lowest BCUT2D eigenvalue weighted by Crippen LogP contribution is -2.42. The van der Waals surface area contributed by atoms with Crippen molar-refractivity contribution in [1.29, 1.82) is 0 Å². The van der Waals surface area contributed by atoms with Gasteiger partial charge in [0.1, 0.15) is 5.38 Å². The third kappa shape index (κ3) is 3.80. The normalized spacial score (nSPS) is 15.2. The van der Waals surface area contributed by atoms with Crippen molar-refractivity contribution in [3.8, 4) is 0 Å². The second-order valence-electron chi connectivity index (χ2n) is 2.41. The van der Waals surface area contributed by atoms with Crippen LogP contribution in [-0.2, 0) is 9.59 Å². The van der Waals surface area contributed by atoms with E-state index in [0.29, 0.717) is 0 Å². The molecule has 0 aromatic carbocycles. The number of carbonyl (C=O) groups excluding carboxylic acids is 2. The van der Waals surface area contributed by atoms with Crippen LogP contribution >= 0.6 is 58.0 Å². The van der Waals surface area contributed by atoms with Crippen LogP contribution in [0.15, 0.2) is 0 Å². The smallest absolute Gasteiger partial charge is 0.196 e. The largest absolute Gasteiger partial charge is 0.300 e. The molecule has 0 spiro atoms. The fraction of sp³-hybridized carbons (Fsp3) is 0.667. The van der Waals surface area contributed by atoms with E-state index in [1.165, 1.54) is 6.92 Å². The maximum Gasteiger partial charge on any atom is 0.196 e. The lowest BCUT2D eigenvalue weighted by Gasteiger charge is -2.22. The molecular weight excluding hydrogens is 281 g/mol. The second-order valence-corrected chi connectivity index (χ2v) is 5.99. The Morgan fingerprint density at radius 1 is 1.31 bits per heavy atom. The van der Waals surface area contributed by atoms with E-state index in [1.807, 2.05) is 0 Å². The first-order valence-corrected chi connectivity index (χ1v) is 4.98. The van der Waals surface area contributed by atoms with Crippen molar-refractivity contribution in [3.05, 3.63) is 0 Å². The molecule has 0 saturated heterocycles. The summed E-state index contributed by atoms with van der Waals surface area (Å²) in [5.74, 6) is -0.824. The Morgan fingerprint density at radius 3 is 1.92 bits per heavy atom. The molecule has 0 aromatic heterocycles. The van der Waals surface area contributed by atoms with Crippen LogP contribution in [0.5, 0.6) is 0 Å². The average molecular weight is 286 g/mol. The van der Waals surface area contributed by atoms with E-state index in [2.05, 4.69) is 0 Å². The molecule has 0 saturated carbocycles. The third-order valence-electron chi connectivity index (χ3n) is 1.16. The zero-order valence-corrected chi connectivity index (χ0v) is 10.1. The van der Waals surface area contributed by atoms with Crippen LogP contribution in [0.1, 0.15) is 6.92 Å². The predicted octanol–water partition coefficient (Wildman–Crippen LogP) is 2.73. The first-order chi connectivity index (χ1) is 5.63. The van der Waals surface area contributed by atoms with Crippen LogP contribution in [0.2, 0.25) is 0 Å². The van der Waals surface area contributed by atoms with E-state index >= 15 is 0 Å². The molecule has 0 fully saturated rings. The Kier molecular flexibility index (Phi) is 4.82. The standard InChI is InChI=1S/C6H5Cl5O2/c1-5(8,9)4(13)3(7)6(10,11)2-12/h2-3H,1H3. The molecule has 0 aliphatic heterocycles. The van der Waals surface area contributed by atoms with Crippen LogP contribution in [-0.4, -0.2) is 26.1 Å². The van der Waals surface area contributed by atoms with Gasteiger partial charge in [-0.15, -0.1) is 11.6 Å². The second kappa shape index (κ2) is 4.54. The maximum absolute atomic E-state index is 11.2. The molecular formula is C6H5Cl5O2. The van der Waals surface area contributed by atoms with Gasteiger partial charge in [0.05, 0.1) is 0 Å². The minimum Gasteiger partial charge on any atom is -0.300 e. The van der Waals surface area contributed by atoms with Gasteiger partial charge in [-0.05, 0) is 6.92 Å². The Morgan fingerprint density at radius 2 is 1.69 bits per heavy atom. The van der Waals surface area contributed by atoms with Gasteiger partial charge < -0.3 is 0 Å². The highest BCUT2D eigenvalue weighted by atomic mass is 35.5. The lowest BCUT2D eigenvalue weighted by atomic mass is 10.1. The zero-order chi connectivity index (χ0) is 10.9. The van der Waals surface area contributed by atoms with Gasteiger partial charge >= 0.3 is 0 Å². The Bertz CT molecular complexity index is 220. The maximum atomic E-state index is 11.2. The topological polar surface area (TPSA) is 34.1 Å². The predicted molar refractivity (Wildman–Crippen MR) is 55.3 cm³/mol. The molecule has 0 aliphatic rings. The molecule has 7 heteroatoms. The SMILES string of the molecule is CC(Cl)(Cl)C(=O)C(Cl)C(Cl)(Cl)C=O. The molecule has 0 rings (SSSR count). The number of carbonyl (C=O) groups is 2. The minimum atomic E-state index is -2.01. The first-order valence-electron chi connectivity index (χ1n) is 3.03. The highest BCUT2D eigenvalue weighted by Gasteiger charge is 2.44. The fourth-order valence-corrected chi connectivity index (χ4v) is 1.25. The Balaban J connectivity index is 4.72. The van der Waals surface area contributed by atoms with Crippen LogP contribution in [0.25, 0.3) is 0 Å². The van der Waals surface area contributed by atoms with E-state index < -0.39 is 19.8 Å². The zero-order valence-electron chi connectivity index (χ0n) is 6.36. The number of hydrogen-bond acceptors (Lipinski definition) is 2. The molecule has 2 nitrogen and oxygen atoms in total. The lowest BCUT2D eigenvalue weighted by molar-refractivity contribution is -0.120. The number of aldehydes is 1. The van der Waals surface area contributed by atoms with E-state index in [9.17, 15) is 9.59 Å². The van der Waals surface area contributed by atoms with Gasteiger partial charge in [0.15, 0.2) is 20.7 Å². The number of halogens is 5. The summed E-state index contributed by atoms with van der Waals surface area (Å²) in [7, 11) is 0. The fourth-order valence-electron chi connectivity index (χ4n) is 0.457. The Labute approximate surface area is 100 Å². The number of rotatable bonds is 4. The summed E-state index contributed by atoms with van der Waals surface area (Å²) in [5, 5.41) is -1.48. The van der Waals surface area contributed by atoms with Crippen LogP contribution in [0.4, 0.5) is 0 Å². The van der Waals surface area contributed by atoms with Gasteiger partial charge in [0.2, 0.25) is 0 Å². The number of Topliss-reactive ketones (excluding diaryl/α,β-unsaturated/α-hetero) is 1. The molecule has 0 aliphatic carbocycles. The van der Waals surface area contributed by atoms with Gasteiger partial charge in [-0.2, -0.15) is 0 Å². The molecule has 76 valence electrons. The van der Waals surface area contributed by atoms with Crippen LogP contribution in [0, 0.1) is 0 Å². The van der Waals surface area contributed by atoms with Crippen molar-refractivity contribution >= 4 is 70.1 Å². The Hall–Kier alpha value is 0.790. The summed E-state index contributed by atoms with van der Waals surface area (Å²) in [4.78, 5) is 21.6. The highest BCUT2D eigenvalue weighted by molar-refractivity contribution is 6.66. The summed E-state index contributed by atoms with van der Waals surface area (Å²) in [6.45, 7) is 1.21. The van der Waals surface area contributed by atoms with Crippen molar-refractivity contribution in [1.82, 2.24) is 0 Å². The van der Waals surface area contributed by atoms with Crippen molar-refractivity contribution in [2.24, 2.45) is 0 Å². The van der Waals surface area contributed by atoms with Crippen LogP contribution in [0.3, 0.4) is 0 Å². The molecule has 0 N–H and O–H groups in total. The van der Waals surface area contributed by atoms with Crippen molar-refractivity contribution in [2.75, 3.05) is 0 Å². The number of ketones is 1. The first kappa shape index (κ1) is 13.8. The average Bonchev–Trinajstić information content (AvgIpc) is 2.00. The summed E-state index contributed by atoms with van der Waals surface area (Å²) in [6, 6.07) is 0. The molecule has 0 amide bonds. The van der Waals surface area contributed by atoms with Gasteiger partial charge in [-0.1, -0.05) is 46.4 Å². The highest BCUT2D eigenvalue weighted by Crippen LogP contribution is 2.34. The van der Waals surface area contributed by atoms with E-state index in [4.69, 9.17) is 58.0 Å². The van der Waals surface area contributed by atoms with Crippen molar-refractivity contribution in [3.63, 3.8) is 0 Å². The van der Waals surface area contributed by atoms with Crippen molar-refractivity contribution < 1.29 is 9.59 Å². The molecule has 1 atom stereocenters. The molecule has 0 heterocycles. The third-order valence-corrected chi connectivity index (χ3v) is 2.91. The molecule has 0 radical (unpaired) electrons. The van der Waals surface area contributed by atoms with Gasteiger partial charge in [-0.25, -0.2) is 0 Å². The van der Waals surface area contributed by atoms with Gasteiger partial charge in [-0.3, -0.25) is 9.59 Å². The van der Waals surface area contributed by atoms with E-state index in [-0.39, 0.29) is 6.29 Å². The summed E-state index contributed by atoms with van der Waals surface area (Å²) in [5.41, 5.74) is 0. The summed E-state index contributed by atoms with van der Waals surface area (Å²) < 4.78 is -3.73. The minimum absolute atomic E-state index is 0.144. The molecule has 1 unspecified atom stereocenters. The summed E-state index contributed by atoms with van der Waals surface area (Å²) >= 11 is 27.2. The summed E-state index contributed by atoms with van der Waals surface area (Å²) in [6.07, 6.45) is 0.144. The van der Waals surface area contributed by atoms with Gasteiger partial charge in [0.25, 0.3) is 0 Å². The number of hydrogen-bond donors (Lipinski definition) is 0. The monoisotopic (exact) mass is 284 g/mol. The molecule has 13 heavy (non-hydrogen) atoms. The van der Waals surface area contributed by atoms with E-state index in [1.54, 1.807) is 0 Å². The molecule has 0 aromatic rings. The number of alkyl halides is 5. The van der Waals surface area contributed by atoms with Gasteiger partial charge in [0, 0.05) is 0 Å². The van der Waals surface area contributed by atoms with E-state index in [0.717, 1.165) is 0 Å². The van der Waals surface area contributed by atoms with Crippen LogP contribution < -0.4 is 0 Å². The quantitative estimate of drug-likeness (QED) is 0.588. The van der Waals surface area contributed by atoms with Crippen molar-refractivity contribution in [2.45, 2.75) is 21.0 Å².